The van der Waals surface area contributed by atoms with Crippen molar-refractivity contribution in [3.05, 3.63) is 59.8 Å². The van der Waals surface area contributed by atoms with Crippen LogP contribution in [0.2, 0.25) is 0 Å². The van der Waals surface area contributed by atoms with Gasteiger partial charge in [-0.2, -0.15) is 0 Å². The molecule has 0 saturated carbocycles. The molecule has 2 unspecified atom stereocenters. The maximum atomic E-state index is 6.15. The highest BCUT2D eigenvalue weighted by molar-refractivity contribution is 5.80. The Labute approximate surface area is 185 Å². The first-order chi connectivity index (χ1) is 15.1. The third-order valence-corrected chi connectivity index (χ3v) is 5.92. The zero-order chi connectivity index (χ0) is 21.6. The molecule has 2 saturated heterocycles. The molecular weight excluding hydrogens is 388 g/mol. The topological polar surface area (TPSA) is 56.2 Å². The van der Waals surface area contributed by atoms with Crippen molar-refractivity contribution in [3.8, 4) is 0 Å². The van der Waals surface area contributed by atoms with E-state index < -0.39 is 0 Å². The fourth-order valence-electron chi connectivity index (χ4n) is 4.33. The molecule has 3 heterocycles. The van der Waals surface area contributed by atoms with Gasteiger partial charge in [0.25, 0.3) is 0 Å². The van der Waals surface area contributed by atoms with Crippen molar-refractivity contribution < 1.29 is 4.74 Å². The molecule has 0 spiro atoms. The molecule has 4 rings (SSSR count). The number of aliphatic imine (C=N–C) groups is 1. The van der Waals surface area contributed by atoms with Crippen molar-refractivity contribution in [1.29, 1.82) is 0 Å². The summed E-state index contributed by atoms with van der Waals surface area (Å²) in [5, 5.41) is 3.47. The first-order valence-electron chi connectivity index (χ1n) is 11.2. The highest BCUT2D eigenvalue weighted by Crippen LogP contribution is 2.25. The molecule has 0 aliphatic carbocycles. The van der Waals surface area contributed by atoms with Crippen LogP contribution >= 0.6 is 0 Å². The normalized spacial score (nSPS) is 21.8. The van der Waals surface area contributed by atoms with Gasteiger partial charge in [-0.1, -0.05) is 36.4 Å². The fraction of sp³-hybridized carbons (Fsp3) is 0.500. The predicted molar refractivity (Wildman–Crippen MR) is 125 cm³/mol. The zero-order valence-electron chi connectivity index (χ0n) is 18.9. The van der Waals surface area contributed by atoms with Crippen molar-refractivity contribution in [2.75, 3.05) is 51.8 Å². The van der Waals surface area contributed by atoms with Gasteiger partial charge in [0.05, 0.1) is 31.0 Å². The Morgan fingerprint density at radius 1 is 1.16 bits per heavy atom. The van der Waals surface area contributed by atoms with Gasteiger partial charge in [-0.3, -0.25) is 4.90 Å². The third-order valence-electron chi connectivity index (χ3n) is 5.92. The van der Waals surface area contributed by atoms with Crippen LogP contribution in [-0.4, -0.2) is 79.8 Å². The molecule has 1 aromatic carbocycles. The van der Waals surface area contributed by atoms with Gasteiger partial charge in [0.1, 0.15) is 5.82 Å². The molecule has 2 aliphatic rings. The summed E-state index contributed by atoms with van der Waals surface area (Å²) in [6, 6.07) is 17.2. The van der Waals surface area contributed by atoms with E-state index in [1.807, 2.05) is 37.2 Å². The summed E-state index contributed by atoms with van der Waals surface area (Å²) < 4.78 is 6.15. The summed E-state index contributed by atoms with van der Waals surface area (Å²) in [5.41, 5.74) is 2.33. The summed E-state index contributed by atoms with van der Waals surface area (Å²) in [6.45, 7) is 8.03. The molecular formula is C24H34N6O. The Hall–Kier alpha value is -2.64. The van der Waals surface area contributed by atoms with E-state index in [0.717, 1.165) is 56.8 Å². The molecule has 2 atom stereocenters. The number of aromatic nitrogens is 1. The summed E-state index contributed by atoms with van der Waals surface area (Å²) in [7, 11) is 4.01. The summed E-state index contributed by atoms with van der Waals surface area (Å²) in [6.07, 6.45) is 0.219. The smallest absolute Gasteiger partial charge is 0.194 e. The number of nitrogens with zero attached hydrogens (tertiary/aromatic N) is 5. The first kappa shape index (κ1) is 21.6. The Morgan fingerprint density at radius 3 is 2.77 bits per heavy atom. The van der Waals surface area contributed by atoms with Crippen LogP contribution in [0.15, 0.2) is 53.5 Å². The van der Waals surface area contributed by atoms with E-state index in [-0.39, 0.29) is 6.10 Å². The number of nitrogens with one attached hydrogen (secondary N) is 1. The lowest BCUT2D eigenvalue weighted by Crippen LogP contribution is -2.50. The van der Waals surface area contributed by atoms with E-state index >= 15 is 0 Å². The monoisotopic (exact) mass is 422 g/mol. The van der Waals surface area contributed by atoms with E-state index in [0.29, 0.717) is 12.6 Å². The minimum Gasteiger partial charge on any atom is -0.373 e. The Morgan fingerprint density at radius 2 is 2.00 bits per heavy atom. The van der Waals surface area contributed by atoms with Gasteiger partial charge < -0.3 is 19.9 Å². The lowest BCUT2D eigenvalue weighted by molar-refractivity contribution is -0.0502. The third kappa shape index (κ3) is 5.35. The van der Waals surface area contributed by atoms with Gasteiger partial charge in [0.2, 0.25) is 0 Å². The first-order valence-corrected chi connectivity index (χ1v) is 11.2. The van der Waals surface area contributed by atoms with Crippen LogP contribution in [0, 0.1) is 0 Å². The van der Waals surface area contributed by atoms with Crippen molar-refractivity contribution in [2.24, 2.45) is 4.99 Å². The van der Waals surface area contributed by atoms with Gasteiger partial charge in [-0.05, 0) is 24.6 Å². The van der Waals surface area contributed by atoms with E-state index in [1.165, 1.54) is 5.56 Å². The van der Waals surface area contributed by atoms with Gasteiger partial charge in [-0.15, -0.1) is 0 Å². The Bertz CT molecular complexity index is 871. The number of morpholine rings is 1. The van der Waals surface area contributed by atoms with Crippen molar-refractivity contribution in [2.45, 2.75) is 32.2 Å². The molecule has 2 fully saturated rings. The molecule has 0 radical (unpaired) electrons. The highest BCUT2D eigenvalue weighted by atomic mass is 16.5. The number of benzene rings is 1. The quantitative estimate of drug-likeness (QED) is 0.569. The van der Waals surface area contributed by atoms with E-state index in [2.05, 4.69) is 52.4 Å². The number of likely N-dealkylation sites (tertiary alicyclic amines) is 1. The molecule has 1 aromatic heterocycles. The number of guanidine groups is 1. The maximum Gasteiger partial charge on any atom is 0.194 e. The van der Waals surface area contributed by atoms with Gasteiger partial charge in [-0.25, -0.2) is 9.98 Å². The second-order valence-electron chi connectivity index (χ2n) is 8.39. The lowest BCUT2D eigenvalue weighted by Gasteiger charge is -2.36. The van der Waals surface area contributed by atoms with Crippen LogP contribution in [0.3, 0.4) is 0 Å². The number of rotatable bonds is 6. The molecule has 7 nitrogen and oxygen atoms in total. The van der Waals surface area contributed by atoms with Gasteiger partial charge in [0, 0.05) is 46.8 Å². The number of ether oxygens (including phenoxy) is 1. The largest absolute Gasteiger partial charge is 0.373 e. The SMILES string of the molecule is CCNC(=NCc1cccc(N(C)C)n1)N1CC2OCCN(Cc3ccccc3)C2C1. The van der Waals surface area contributed by atoms with E-state index in [4.69, 9.17) is 14.7 Å². The maximum absolute atomic E-state index is 6.15. The highest BCUT2D eigenvalue weighted by Gasteiger charge is 2.41. The average Bonchev–Trinajstić information content (AvgIpc) is 3.23. The average molecular weight is 423 g/mol. The van der Waals surface area contributed by atoms with Crippen LogP contribution in [0.25, 0.3) is 0 Å². The second kappa shape index (κ2) is 10.1. The fourth-order valence-corrected chi connectivity index (χ4v) is 4.33. The van der Waals surface area contributed by atoms with E-state index in [1.54, 1.807) is 0 Å². The second-order valence-corrected chi connectivity index (χ2v) is 8.39. The minimum atomic E-state index is 0.219. The number of fused-ring (bicyclic) bond motifs is 1. The molecule has 0 amide bonds. The molecule has 0 bridgehead atoms. The number of anilines is 1. The zero-order valence-corrected chi connectivity index (χ0v) is 18.9. The number of hydrogen-bond donors (Lipinski definition) is 1. The predicted octanol–water partition coefficient (Wildman–Crippen LogP) is 2.20. The summed E-state index contributed by atoms with van der Waals surface area (Å²) in [4.78, 5) is 16.5. The lowest BCUT2D eigenvalue weighted by atomic mass is 10.1. The summed E-state index contributed by atoms with van der Waals surface area (Å²) in [5.74, 6) is 1.90. The van der Waals surface area contributed by atoms with Gasteiger partial charge in [0.15, 0.2) is 5.96 Å². The van der Waals surface area contributed by atoms with E-state index in [9.17, 15) is 0 Å². The van der Waals surface area contributed by atoms with Crippen molar-refractivity contribution in [3.63, 3.8) is 0 Å². The number of pyridine rings is 1. The molecule has 7 heteroatoms. The minimum absolute atomic E-state index is 0.219. The standard InChI is InChI=1S/C24H34N6O/c1-4-25-24(26-15-20-11-8-12-23(27-20)28(2)3)30-17-21-22(18-30)31-14-13-29(21)16-19-9-6-5-7-10-19/h5-12,21-22H,4,13-18H2,1-3H3,(H,25,26). The summed E-state index contributed by atoms with van der Waals surface area (Å²) >= 11 is 0. The van der Waals surface area contributed by atoms with Crippen LogP contribution in [0.4, 0.5) is 5.82 Å². The Kier molecular flexibility index (Phi) is 7.04. The van der Waals surface area contributed by atoms with Crippen LogP contribution in [0.1, 0.15) is 18.2 Å². The van der Waals surface area contributed by atoms with Crippen LogP contribution < -0.4 is 10.2 Å². The van der Waals surface area contributed by atoms with Gasteiger partial charge >= 0.3 is 0 Å². The van der Waals surface area contributed by atoms with Crippen molar-refractivity contribution in [1.82, 2.24) is 20.1 Å². The Balaban J connectivity index is 1.45. The molecule has 2 aromatic rings. The van der Waals surface area contributed by atoms with Crippen LogP contribution in [-0.2, 0) is 17.8 Å². The van der Waals surface area contributed by atoms with Crippen molar-refractivity contribution >= 4 is 11.8 Å². The molecule has 166 valence electrons. The van der Waals surface area contributed by atoms with Crippen LogP contribution in [0.5, 0.6) is 0 Å². The molecule has 31 heavy (non-hydrogen) atoms. The number of hydrogen-bond acceptors (Lipinski definition) is 5. The molecule has 1 N–H and O–H groups in total. The molecule has 2 aliphatic heterocycles.